The van der Waals surface area contributed by atoms with Crippen molar-refractivity contribution in [2.75, 3.05) is 11.9 Å². The topological polar surface area (TPSA) is 79.5 Å². The van der Waals surface area contributed by atoms with Crippen LogP contribution in [0, 0.1) is 0 Å². The first-order chi connectivity index (χ1) is 12.4. The van der Waals surface area contributed by atoms with Crippen molar-refractivity contribution < 1.29 is 23.1 Å². The van der Waals surface area contributed by atoms with Crippen molar-refractivity contribution in [1.82, 2.24) is 10.6 Å². The predicted molar refractivity (Wildman–Crippen MR) is 93.4 cm³/mol. The number of rotatable bonds is 7. The van der Waals surface area contributed by atoms with Crippen LogP contribution < -0.4 is 20.7 Å². The van der Waals surface area contributed by atoms with E-state index < -0.39 is 18.5 Å². The number of carbonyl (C=O) groups is 2. The Bertz CT molecular complexity index is 760. The van der Waals surface area contributed by atoms with Gasteiger partial charge in [-0.1, -0.05) is 41.9 Å². The van der Waals surface area contributed by atoms with E-state index in [4.69, 9.17) is 11.6 Å². The maximum Gasteiger partial charge on any atom is 0.387 e. The maximum atomic E-state index is 12.2. The zero-order chi connectivity index (χ0) is 18.9. The molecule has 0 atom stereocenters. The van der Waals surface area contributed by atoms with E-state index in [1.807, 2.05) is 30.3 Å². The van der Waals surface area contributed by atoms with Gasteiger partial charge in [-0.2, -0.15) is 8.78 Å². The number of amides is 3. The van der Waals surface area contributed by atoms with Crippen molar-refractivity contribution in [3.8, 4) is 5.75 Å². The third-order valence-corrected chi connectivity index (χ3v) is 3.45. The van der Waals surface area contributed by atoms with Crippen LogP contribution in [0.3, 0.4) is 0 Å². The van der Waals surface area contributed by atoms with Crippen molar-refractivity contribution >= 4 is 29.2 Å². The molecule has 26 heavy (non-hydrogen) atoms. The van der Waals surface area contributed by atoms with Crippen LogP contribution in [0.2, 0.25) is 5.02 Å². The van der Waals surface area contributed by atoms with Gasteiger partial charge in [0.25, 0.3) is 0 Å². The monoisotopic (exact) mass is 383 g/mol. The van der Waals surface area contributed by atoms with Gasteiger partial charge >= 0.3 is 12.6 Å². The van der Waals surface area contributed by atoms with Crippen molar-refractivity contribution in [3.05, 3.63) is 59.1 Å². The molecule has 3 N–H and O–H groups in total. The fraction of sp³-hybridized carbons (Fsp3) is 0.176. The second kappa shape index (κ2) is 9.57. The number of anilines is 1. The van der Waals surface area contributed by atoms with E-state index in [-0.39, 0.29) is 23.9 Å². The van der Waals surface area contributed by atoms with Crippen LogP contribution in [-0.2, 0) is 11.3 Å². The standard InChI is InChI=1S/C17H16ClF2N3O3/c18-13-8-12(6-7-14(13)26-16(19)20)21-10-15(24)23-17(25)22-9-11-4-2-1-3-5-11/h1-8,16,21H,9-10H2,(H2,22,23,24,25). The van der Waals surface area contributed by atoms with Crippen molar-refractivity contribution in [3.63, 3.8) is 0 Å². The number of imide groups is 1. The molecule has 0 unspecified atom stereocenters. The first-order valence-electron chi connectivity index (χ1n) is 7.54. The lowest BCUT2D eigenvalue weighted by atomic mass is 10.2. The van der Waals surface area contributed by atoms with Gasteiger partial charge in [-0.05, 0) is 23.8 Å². The number of urea groups is 1. The van der Waals surface area contributed by atoms with Crippen LogP contribution >= 0.6 is 11.6 Å². The van der Waals surface area contributed by atoms with Crippen LogP contribution in [0.25, 0.3) is 0 Å². The van der Waals surface area contributed by atoms with Gasteiger partial charge < -0.3 is 15.4 Å². The zero-order valence-electron chi connectivity index (χ0n) is 13.5. The number of alkyl halides is 2. The fourth-order valence-electron chi connectivity index (χ4n) is 1.98. The number of nitrogens with one attached hydrogen (secondary N) is 3. The molecule has 0 radical (unpaired) electrons. The Balaban J connectivity index is 1.75. The fourth-order valence-corrected chi connectivity index (χ4v) is 2.20. The summed E-state index contributed by atoms with van der Waals surface area (Å²) in [7, 11) is 0. The summed E-state index contributed by atoms with van der Waals surface area (Å²) in [5, 5.41) is 7.41. The van der Waals surface area contributed by atoms with Gasteiger partial charge in [-0.3, -0.25) is 10.1 Å². The Kier molecular flexibility index (Phi) is 7.16. The molecule has 0 aromatic heterocycles. The third-order valence-electron chi connectivity index (χ3n) is 3.15. The lowest BCUT2D eigenvalue weighted by Crippen LogP contribution is -2.41. The number of hydrogen-bond donors (Lipinski definition) is 3. The number of ether oxygens (including phenoxy) is 1. The van der Waals surface area contributed by atoms with Gasteiger partial charge in [0.2, 0.25) is 5.91 Å². The minimum Gasteiger partial charge on any atom is -0.433 e. The predicted octanol–water partition coefficient (Wildman–Crippen LogP) is 3.38. The normalized spacial score (nSPS) is 10.3. The van der Waals surface area contributed by atoms with Gasteiger partial charge in [-0.15, -0.1) is 0 Å². The van der Waals surface area contributed by atoms with Gasteiger partial charge in [-0.25, -0.2) is 4.79 Å². The van der Waals surface area contributed by atoms with Gasteiger partial charge in [0.1, 0.15) is 5.75 Å². The molecule has 6 nitrogen and oxygen atoms in total. The smallest absolute Gasteiger partial charge is 0.387 e. The summed E-state index contributed by atoms with van der Waals surface area (Å²) in [6.07, 6.45) is 0. The Morgan fingerprint density at radius 3 is 2.50 bits per heavy atom. The molecule has 0 bridgehead atoms. The largest absolute Gasteiger partial charge is 0.433 e. The number of carbonyl (C=O) groups excluding carboxylic acids is 2. The maximum absolute atomic E-state index is 12.2. The average Bonchev–Trinajstić information content (AvgIpc) is 2.61. The Morgan fingerprint density at radius 1 is 1.12 bits per heavy atom. The molecule has 3 amide bonds. The Morgan fingerprint density at radius 2 is 1.85 bits per heavy atom. The highest BCUT2D eigenvalue weighted by atomic mass is 35.5. The second-order valence-corrected chi connectivity index (χ2v) is 5.50. The molecule has 2 aromatic carbocycles. The summed E-state index contributed by atoms with van der Waals surface area (Å²) in [6, 6.07) is 12.6. The first kappa shape index (κ1) is 19.5. The second-order valence-electron chi connectivity index (χ2n) is 5.09. The lowest BCUT2D eigenvalue weighted by Gasteiger charge is -2.10. The molecule has 0 saturated carbocycles. The molecule has 2 rings (SSSR count). The quantitative estimate of drug-likeness (QED) is 0.684. The molecule has 9 heteroatoms. The number of hydrogen-bond acceptors (Lipinski definition) is 4. The van der Waals surface area contributed by atoms with E-state index in [1.165, 1.54) is 18.2 Å². The van der Waals surface area contributed by atoms with Gasteiger partial charge in [0.15, 0.2) is 0 Å². The molecule has 0 aliphatic rings. The minimum atomic E-state index is -2.98. The lowest BCUT2D eigenvalue weighted by molar-refractivity contribution is -0.118. The third kappa shape index (κ3) is 6.56. The van der Waals surface area contributed by atoms with Crippen LogP contribution in [0.1, 0.15) is 5.56 Å². The molecule has 0 heterocycles. The molecule has 0 fully saturated rings. The van der Waals surface area contributed by atoms with Gasteiger partial charge in [0, 0.05) is 12.2 Å². The van der Waals surface area contributed by atoms with Gasteiger partial charge in [0.05, 0.1) is 11.6 Å². The SMILES string of the molecule is O=C(CNc1ccc(OC(F)F)c(Cl)c1)NC(=O)NCc1ccccc1. The highest BCUT2D eigenvalue weighted by Gasteiger charge is 2.10. The molecular formula is C17H16ClF2N3O3. The molecule has 0 saturated heterocycles. The molecular weight excluding hydrogens is 368 g/mol. The van der Waals surface area contributed by atoms with E-state index in [2.05, 4.69) is 20.7 Å². The zero-order valence-corrected chi connectivity index (χ0v) is 14.2. The van der Waals surface area contributed by atoms with E-state index in [1.54, 1.807) is 0 Å². The summed E-state index contributed by atoms with van der Waals surface area (Å²) in [5.41, 5.74) is 1.31. The number of halogens is 3. The number of benzene rings is 2. The molecule has 0 aliphatic carbocycles. The summed E-state index contributed by atoms with van der Waals surface area (Å²) >= 11 is 5.81. The molecule has 0 spiro atoms. The summed E-state index contributed by atoms with van der Waals surface area (Å²) in [4.78, 5) is 23.4. The summed E-state index contributed by atoms with van der Waals surface area (Å²) in [5.74, 6) is -0.739. The molecule has 138 valence electrons. The van der Waals surface area contributed by atoms with E-state index in [0.717, 1.165) is 5.56 Å². The minimum absolute atomic E-state index is 0.0312. The highest BCUT2D eigenvalue weighted by molar-refractivity contribution is 6.32. The van der Waals surface area contributed by atoms with E-state index in [0.29, 0.717) is 5.69 Å². The van der Waals surface area contributed by atoms with E-state index in [9.17, 15) is 18.4 Å². The highest BCUT2D eigenvalue weighted by Crippen LogP contribution is 2.28. The Hall–Kier alpha value is -2.87. The molecule has 2 aromatic rings. The summed E-state index contributed by atoms with van der Waals surface area (Å²) in [6.45, 7) is -2.90. The average molecular weight is 384 g/mol. The van der Waals surface area contributed by atoms with Crippen LogP contribution in [-0.4, -0.2) is 25.1 Å². The van der Waals surface area contributed by atoms with Crippen LogP contribution in [0.15, 0.2) is 48.5 Å². The van der Waals surface area contributed by atoms with Crippen LogP contribution in [0.5, 0.6) is 5.75 Å². The molecule has 0 aliphatic heterocycles. The first-order valence-corrected chi connectivity index (χ1v) is 7.91. The van der Waals surface area contributed by atoms with Crippen molar-refractivity contribution in [1.29, 1.82) is 0 Å². The van der Waals surface area contributed by atoms with Crippen molar-refractivity contribution in [2.24, 2.45) is 0 Å². The van der Waals surface area contributed by atoms with Crippen LogP contribution in [0.4, 0.5) is 19.3 Å². The Labute approximate surface area is 153 Å². The van der Waals surface area contributed by atoms with Crippen molar-refractivity contribution in [2.45, 2.75) is 13.2 Å². The summed E-state index contributed by atoms with van der Waals surface area (Å²) < 4.78 is 28.5. The van der Waals surface area contributed by atoms with E-state index >= 15 is 0 Å².